The number of rotatable bonds is 6. The van der Waals surface area contributed by atoms with Gasteiger partial charge in [-0.3, -0.25) is 9.47 Å². The van der Waals surface area contributed by atoms with Gasteiger partial charge in [-0.25, -0.2) is 4.98 Å². The maximum Gasteiger partial charge on any atom is 0.237 e. The summed E-state index contributed by atoms with van der Waals surface area (Å²) in [6.07, 6.45) is 0. The molecule has 0 N–H and O–H groups in total. The highest BCUT2D eigenvalue weighted by molar-refractivity contribution is 6.10. The predicted molar refractivity (Wildman–Crippen MR) is 237 cm³/mol. The Morgan fingerprint density at radius 2 is 1.05 bits per heavy atom. The molecule has 11 rings (SSSR count). The van der Waals surface area contributed by atoms with Crippen LogP contribution in [0.25, 0.3) is 72.0 Å². The number of nitrogens with zero attached hydrogens (tertiary/aromatic N) is 4. The predicted octanol–water partition coefficient (Wildman–Crippen LogP) is 13.8. The number of hydrogen-bond acceptors (Lipinski definition) is 3. The minimum Gasteiger partial charge on any atom is -0.294 e. The smallest absolute Gasteiger partial charge is 0.237 e. The fraction of sp³-hybridized carbons (Fsp3) is 0.0566. The molecule has 0 fully saturated rings. The molecule has 0 saturated carbocycles. The first-order chi connectivity index (χ1) is 28.0. The van der Waals surface area contributed by atoms with Gasteiger partial charge in [0.2, 0.25) is 5.95 Å². The average molecular weight is 731 g/mol. The van der Waals surface area contributed by atoms with Gasteiger partial charge in [-0.05, 0) is 87.5 Å². The average Bonchev–Trinajstić information content (AvgIpc) is 3.73. The van der Waals surface area contributed by atoms with E-state index in [-0.39, 0.29) is 5.41 Å². The van der Waals surface area contributed by atoms with Crippen LogP contribution in [0.3, 0.4) is 0 Å². The molecular formula is C53H38N4. The molecule has 1 aliphatic carbocycles. The Kier molecular flexibility index (Phi) is 7.48. The molecule has 0 unspecified atom stereocenters. The van der Waals surface area contributed by atoms with Crippen LogP contribution in [0.4, 0.5) is 17.2 Å². The van der Waals surface area contributed by atoms with Crippen LogP contribution in [0.15, 0.2) is 194 Å². The molecule has 57 heavy (non-hydrogen) atoms. The molecule has 0 spiro atoms. The van der Waals surface area contributed by atoms with Crippen LogP contribution in [0.5, 0.6) is 0 Å². The number of benzene rings is 8. The largest absolute Gasteiger partial charge is 0.294 e. The van der Waals surface area contributed by atoms with Gasteiger partial charge < -0.3 is 0 Å². The highest BCUT2D eigenvalue weighted by Gasteiger charge is 2.38. The molecule has 8 aromatic carbocycles. The molecular weight excluding hydrogens is 693 g/mol. The standard InChI is InChI=1S/C53H38N4/c1-53(2)44-23-12-9-21-41(44)50-45(53)24-15-27-49(50)56(39-31-28-37(29-32-39)35-16-5-3-6-17-35)51-42-22-10-13-25-46(42)54-52(55-51)57-47-26-14-11-20-40(47)43-34-38(30-33-48(43)57)36-18-7-4-8-19-36/h3-34H,1-2H3. The second-order valence-electron chi connectivity index (χ2n) is 15.4. The van der Waals surface area contributed by atoms with E-state index in [1.165, 1.54) is 44.3 Å². The zero-order valence-electron chi connectivity index (χ0n) is 31.8. The van der Waals surface area contributed by atoms with Crippen LogP contribution >= 0.6 is 0 Å². The molecule has 1 aliphatic rings. The van der Waals surface area contributed by atoms with Gasteiger partial charge in [0.1, 0.15) is 0 Å². The number of aromatic nitrogens is 3. The maximum absolute atomic E-state index is 5.65. The van der Waals surface area contributed by atoms with Gasteiger partial charge in [0, 0.05) is 32.8 Å². The van der Waals surface area contributed by atoms with Gasteiger partial charge in [-0.2, -0.15) is 4.98 Å². The first-order valence-corrected chi connectivity index (χ1v) is 19.6. The third-order valence-corrected chi connectivity index (χ3v) is 11.8. The van der Waals surface area contributed by atoms with E-state index in [1.807, 2.05) is 0 Å². The van der Waals surface area contributed by atoms with Crippen molar-refractivity contribution in [3.63, 3.8) is 0 Å². The molecule has 0 saturated heterocycles. The zero-order chi connectivity index (χ0) is 38.1. The highest BCUT2D eigenvalue weighted by Crippen LogP contribution is 2.54. The molecule has 0 radical (unpaired) electrons. The summed E-state index contributed by atoms with van der Waals surface area (Å²) in [7, 11) is 0. The Morgan fingerprint density at radius 1 is 0.456 bits per heavy atom. The Balaban J connectivity index is 1.19. The summed E-state index contributed by atoms with van der Waals surface area (Å²) in [6.45, 7) is 4.67. The van der Waals surface area contributed by atoms with Crippen molar-refractivity contribution in [2.45, 2.75) is 19.3 Å². The lowest BCUT2D eigenvalue weighted by Gasteiger charge is -2.29. The highest BCUT2D eigenvalue weighted by atomic mass is 15.3. The van der Waals surface area contributed by atoms with Crippen molar-refractivity contribution in [1.82, 2.24) is 14.5 Å². The third-order valence-electron chi connectivity index (χ3n) is 11.8. The maximum atomic E-state index is 5.65. The molecule has 270 valence electrons. The normalized spacial score (nSPS) is 12.9. The number of hydrogen-bond donors (Lipinski definition) is 0. The van der Waals surface area contributed by atoms with Crippen LogP contribution in [0.1, 0.15) is 25.0 Å². The second-order valence-corrected chi connectivity index (χ2v) is 15.4. The number of anilines is 3. The number of para-hydroxylation sites is 2. The van der Waals surface area contributed by atoms with E-state index in [0.717, 1.165) is 50.1 Å². The summed E-state index contributed by atoms with van der Waals surface area (Å²) in [5.41, 5.74) is 14.8. The lowest BCUT2D eigenvalue weighted by Crippen LogP contribution is -2.17. The van der Waals surface area contributed by atoms with Crippen molar-refractivity contribution in [1.29, 1.82) is 0 Å². The van der Waals surface area contributed by atoms with Crippen LogP contribution < -0.4 is 4.90 Å². The van der Waals surface area contributed by atoms with Crippen molar-refractivity contribution >= 4 is 49.9 Å². The van der Waals surface area contributed by atoms with Crippen LogP contribution in [0.2, 0.25) is 0 Å². The van der Waals surface area contributed by atoms with Crippen LogP contribution in [-0.4, -0.2) is 14.5 Å². The minimum atomic E-state index is -0.161. The molecule has 4 heteroatoms. The van der Waals surface area contributed by atoms with Gasteiger partial charge >= 0.3 is 0 Å². The van der Waals surface area contributed by atoms with Crippen molar-refractivity contribution < 1.29 is 0 Å². The molecule has 2 aromatic heterocycles. The Labute approximate surface area is 332 Å². The SMILES string of the molecule is CC1(C)c2ccccc2-c2c(N(c3ccc(-c4ccccc4)cc3)c3nc(-n4c5ccccc5c5cc(-c6ccccc6)ccc54)nc4ccccc34)cccc21. The van der Waals surface area contributed by atoms with Crippen LogP contribution in [-0.2, 0) is 5.41 Å². The van der Waals surface area contributed by atoms with Crippen molar-refractivity contribution in [2.24, 2.45) is 0 Å². The van der Waals surface area contributed by atoms with Crippen molar-refractivity contribution in [2.75, 3.05) is 4.90 Å². The van der Waals surface area contributed by atoms with E-state index in [9.17, 15) is 0 Å². The zero-order valence-corrected chi connectivity index (χ0v) is 31.8. The molecule has 10 aromatic rings. The minimum absolute atomic E-state index is 0.161. The summed E-state index contributed by atoms with van der Waals surface area (Å²) in [5, 5.41) is 3.30. The van der Waals surface area contributed by atoms with Gasteiger partial charge in [0.15, 0.2) is 5.82 Å². The van der Waals surface area contributed by atoms with Crippen molar-refractivity contribution in [3.05, 3.63) is 205 Å². The fourth-order valence-corrected chi connectivity index (χ4v) is 9.05. The Morgan fingerprint density at radius 3 is 1.84 bits per heavy atom. The van der Waals surface area contributed by atoms with Gasteiger partial charge in [0.05, 0.1) is 22.2 Å². The van der Waals surface area contributed by atoms with E-state index >= 15 is 0 Å². The number of fused-ring (bicyclic) bond motifs is 7. The van der Waals surface area contributed by atoms with Gasteiger partial charge in [-0.1, -0.05) is 159 Å². The fourth-order valence-electron chi connectivity index (χ4n) is 9.05. The molecule has 0 bridgehead atoms. The van der Waals surface area contributed by atoms with E-state index in [2.05, 4.69) is 217 Å². The van der Waals surface area contributed by atoms with Crippen LogP contribution in [0, 0.1) is 0 Å². The second kappa shape index (κ2) is 12.9. The van der Waals surface area contributed by atoms with Gasteiger partial charge in [-0.15, -0.1) is 0 Å². The monoisotopic (exact) mass is 730 g/mol. The van der Waals surface area contributed by atoms with E-state index in [1.54, 1.807) is 0 Å². The summed E-state index contributed by atoms with van der Waals surface area (Å²) in [4.78, 5) is 13.4. The molecule has 0 atom stereocenters. The summed E-state index contributed by atoms with van der Waals surface area (Å²) in [6, 6.07) is 69.4. The summed E-state index contributed by atoms with van der Waals surface area (Å²) in [5.74, 6) is 1.45. The van der Waals surface area contributed by atoms with E-state index in [0.29, 0.717) is 5.95 Å². The van der Waals surface area contributed by atoms with E-state index < -0.39 is 0 Å². The Bertz CT molecular complexity index is 3140. The first kappa shape index (κ1) is 33.1. The quantitative estimate of drug-likeness (QED) is 0.171. The topological polar surface area (TPSA) is 34.0 Å². The molecule has 0 aliphatic heterocycles. The van der Waals surface area contributed by atoms with E-state index in [4.69, 9.17) is 9.97 Å². The molecule has 2 heterocycles. The summed E-state index contributed by atoms with van der Waals surface area (Å²) < 4.78 is 2.24. The third kappa shape index (κ3) is 5.22. The lowest BCUT2D eigenvalue weighted by molar-refractivity contribution is 0.660. The first-order valence-electron chi connectivity index (χ1n) is 19.6. The molecule has 4 nitrogen and oxygen atoms in total. The van der Waals surface area contributed by atoms with Crippen molar-refractivity contribution in [3.8, 4) is 39.3 Å². The summed E-state index contributed by atoms with van der Waals surface area (Å²) >= 11 is 0. The Hall–Kier alpha value is -7.30. The lowest BCUT2D eigenvalue weighted by atomic mass is 9.82. The van der Waals surface area contributed by atoms with Gasteiger partial charge in [0.25, 0.3) is 0 Å². The molecule has 0 amide bonds.